The van der Waals surface area contributed by atoms with Crippen molar-refractivity contribution in [2.24, 2.45) is 12.1 Å². The van der Waals surface area contributed by atoms with Gasteiger partial charge in [0.15, 0.2) is 11.0 Å². The maximum absolute atomic E-state index is 11.4. The summed E-state index contributed by atoms with van der Waals surface area (Å²) in [6.45, 7) is 0. The lowest BCUT2D eigenvalue weighted by Crippen LogP contribution is -1.97. The van der Waals surface area contributed by atoms with E-state index in [1.54, 1.807) is 23.7 Å². The first-order chi connectivity index (χ1) is 13.3. The third kappa shape index (κ3) is 4.71. The average molecular weight is 459 g/mol. The van der Waals surface area contributed by atoms with Crippen molar-refractivity contribution in [3.05, 3.63) is 61.5 Å². The summed E-state index contributed by atoms with van der Waals surface area (Å²) < 4.78 is 1.67. The molecule has 0 amide bonds. The number of aryl methyl sites for hydroxylation is 1. The Labute approximate surface area is 177 Å². The van der Waals surface area contributed by atoms with E-state index in [2.05, 4.69) is 25.7 Å². The van der Waals surface area contributed by atoms with Gasteiger partial charge in [-0.05, 0) is 23.9 Å². The molecule has 144 valence electrons. The van der Waals surface area contributed by atoms with E-state index in [1.807, 2.05) is 0 Å². The average Bonchev–Trinajstić information content (AvgIpc) is 3.05. The van der Waals surface area contributed by atoms with E-state index in [0.717, 1.165) is 11.8 Å². The number of halogens is 3. The Morgan fingerprint density at radius 2 is 2.07 bits per heavy atom. The Hall–Kier alpha value is -2.40. The number of nitrogens with one attached hydrogen (secondary N) is 1. The fourth-order valence-electron chi connectivity index (χ4n) is 2.00. The molecule has 3 aromatic rings. The first kappa shape index (κ1) is 20.3. The van der Waals surface area contributed by atoms with Crippen molar-refractivity contribution in [2.45, 2.75) is 10.1 Å². The monoisotopic (exact) mass is 457 g/mol. The second-order valence-electron chi connectivity index (χ2n) is 5.27. The Morgan fingerprint density at radius 1 is 1.29 bits per heavy atom. The van der Waals surface area contributed by atoms with Gasteiger partial charge in [0.25, 0.3) is 5.69 Å². The molecule has 0 aliphatic heterocycles. The number of hydrogen-bond acceptors (Lipinski definition) is 8. The van der Waals surface area contributed by atoms with Crippen LogP contribution >= 0.6 is 46.6 Å². The first-order valence-electron chi connectivity index (χ1n) is 7.46. The lowest BCUT2D eigenvalue weighted by Gasteiger charge is -2.05. The summed E-state index contributed by atoms with van der Waals surface area (Å²) in [5.41, 5.74) is 3.04. The number of anilines is 1. The molecule has 0 radical (unpaired) electrons. The van der Waals surface area contributed by atoms with Gasteiger partial charge in [0.1, 0.15) is 11.5 Å². The summed E-state index contributed by atoms with van der Waals surface area (Å²) in [6, 6.07) is 6.12. The zero-order chi connectivity index (χ0) is 20.3. The molecule has 0 saturated heterocycles. The molecule has 9 nitrogen and oxygen atoms in total. The maximum Gasteiger partial charge on any atom is 0.283 e. The Kier molecular flexibility index (Phi) is 6.35. The summed E-state index contributed by atoms with van der Waals surface area (Å²) in [6.07, 6.45) is 2.91. The van der Waals surface area contributed by atoms with Crippen molar-refractivity contribution in [3.8, 4) is 0 Å². The molecular formula is C15H10Cl3N7O2S. The van der Waals surface area contributed by atoms with Crippen molar-refractivity contribution in [1.29, 1.82) is 0 Å². The van der Waals surface area contributed by atoms with E-state index in [0.29, 0.717) is 15.6 Å². The minimum absolute atomic E-state index is 0.0737. The summed E-state index contributed by atoms with van der Waals surface area (Å²) in [4.78, 5) is 15.4. The number of nitrogens with zero attached hydrogens (tertiary/aromatic N) is 6. The molecular weight excluding hydrogens is 449 g/mol. The van der Waals surface area contributed by atoms with Crippen LogP contribution < -0.4 is 5.43 Å². The second kappa shape index (κ2) is 8.74. The number of hydrazone groups is 1. The van der Waals surface area contributed by atoms with Crippen LogP contribution in [-0.4, -0.2) is 30.9 Å². The SMILES string of the molecule is Cn1cnnc1Sc1ccc(C=NNc2nc(Cl)c(Cl)cc2Cl)cc1[N+](=O)[O-]. The number of pyridine rings is 1. The van der Waals surface area contributed by atoms with Crippen molar-refractivity contribution >= 4 is 64.3 Å². The predicted octanol–water partition coefficient (Wildman–Crippen LogP) is 4.68. The van der Waals surface area contributed by atoms with E-state index in [4.69, 9.17) is 34.8 Å². The van der Waals surface area contributed by atoms with E-state index in [9.17, 15) is 10.1 Å². The van der Waals surface area contributed by atoms with Crippen LogP contribution in [0, 0.1) is 10.1 Å². The van der Waals surface area contributed by atoms with Gasteiger partial charge in [0.2, 0.25) is 0 Å². The van der Waals surface area contributed by atoms with Gasteiger partial charge in [-0.1, -0.05) is 40.9 Å². The van der Waals surface area contributed by atoms with Gasteiger partial charge in [0.05, 0.1) is 26.1 Å². The molecule has 3 rings (SSSR count). The standard InChI is InChI=1S/C15H10Cl3N7O2S/c1-24-7-20-23-15(24)28-12-3-2-8(4-11(12)25(26)27)6-19-22-14-10(17)5-9(16)13(18)21-14/h2-7H,1H3,(H,21,22). The smallest absolute Gasteiger partial charge is 0.283 e. The van der Waals surface area contributed by atoms with Gasteiger partial charge in [0, 0.05) is 18.7 Å². The van der Waals surface area contributed by atoms with Crippen LogP contribution in [0.1, 0.15) is 5.56 Å². The fourth-order valence-corrected chi connectivity index (χ4v) is 3.39. The molecule has 0 unspecified atom stereocenters. The third-order valence-corrected chi connectivity index (χ3v) is 5.40. The third-order valence-electron chi connectivity index (χ3n) is 3.32. The summed E-state index contributed by atoms with van der Waals surface area (Å²) in [5.74, 6) is 0.205. The molecule has 0 saturated carbocycles. The van der Waals surface area contributed by atoms with Gasteiger partial charge in [-0.15, -0.1) is 10.2 Å². The van der Waals surface area contributed by atoms with Crippen LogP contribution in [0.25, 0.3) is 0 Å². The highest BCUT2D eigenvalue weighted by molar-refractivity contribution is 7.99. The number of aromatic nitrogens is 4. The van der Waals surface area contributed by atoms with Gasteiger partial charge in [-0.25, -0.2) is 4.98 Å². The van der Waals surface area contributed by atoms with Crippen molar-refractivity contribution in [1.82, 2.24) is 19.7 Å². The van der Waals surface area contributed by atoms with E-state index in [-0.39, 0.29) is 26.7 Å². The van der Waals surface area contributed by atoms with Gasteiger partial charge in [-0.2, -0.15) is 5.10 Å². The summed E-state index contributed by atoms with van der Waals surface area (Å²) in [5, 5.41) is 24.1. The highest BCUT2D eigenvalue weighted by atomic mass is 35.5. The number of benzene rings is 1. The molecule has 0 aliphatic carbocycles. The van der Waals surface area contributed by atoms with Crippen LogP contribution in [0.5, 0.6) is 0 Å². The van der Waals surface area contributed by atoms with Crippen LogP contribution in [-0.2, 0) is 7.05 Å². The normalized spacial score (nSPS) is 11.1. The summed E-state index contributed by atoms with van der Waals surface area (Å²) >= 11 is 18.8. The molecule has 1 aromatic carbocycles. The molecule has 0 spiro atoms. The highest BCUT2D eigenvalue weighted by Gasteiger charge is 2.17. The lowest BCUT2D eigenvalue weighted by molar-refractivity contribution is -0.387. The Bertz CT molecular complexity index is 1070. The Balaban J connectivity index is 1.80. The van der Waals surface area contributed by atoms with Crippen molar-refractivity contribution in [3.63, 3.8) is 0 Å². The predicted molar refractivity (Wildman–Crippen MR) is 109 cm³/mol. The van der Waals surface area contributed by atoms with Crippen LogP contribution in [0.15, 0.2) is 45.7 Å². The number of hydrogen-bond donors (Lipinski definition) is 1. The van der Waals surface area contributed by atoms with Crippen molar-refractivity contribution in [2.75, 3.05) is 5.43 Å². The molecule has 28 heavy (non-hydrogen) atoms. The zero-order valence-electron chi connectivity index (χ0n) is 14.0. The number of rotatable bonds is 6. The van der Waals surface area contributed by atoms with E-state index < -0.39 is 4.92 Å². The van der Waals surface area contributed by atoms with Crippen molar-refractivity contribution < 1.29 is 4.92 Å². The van der Waals surface area contributed by atoms with Gasteiger partial charge in [-0.3, -0.25) is 15.5 Å². The van der Waals surface area contributed by atoms with E-state index >= 15 is 0 Å². The van der Waals surface area contributed by atoms with Gasteiger partial charge >= 0.3 is 0 Å². The topological polar surface area (TPSA) is 111 Å². The van der Waals surface area contributed by atoms with Crippen LogP contribution in [0.3, 0.4) is 0 Å². The largest absolute Gasteiger partial charge is 0.311 e. The molecule has 0 atom stereocenters. The number of nitro groups is 1. The minimum atomic E-state index is -0.471. The fraction of sp³-hybridized carbons (Fsp3) is 0.0667. The molecule has 2 heterocycles. The quantitative estimate of drug-likeness (QED) is 0.247. The first-order valence-corrected chi connectivity index (χ1v) is 9.41. The van der Waals surface area contributed by atoms with Crippen LogP contribution in [0.2, 0.25) is 15.2 Å². The molecule has 0 fully saturated rings. The lowest BCUT2D eigenvalue weighted by atomic mass is 10.2. The molecule has 1 N–H and O–H groups in total. The summed E-state index contributed by atoms with van der Waals surface area (Å²) in [7, 11) is 1.75. The number of nitro benzene ring substituents is 1. The zero-order valence-corrected chi connectivity index (χ0v) is 17.1. The molecule has 0 aliphatic rings. The second-order valence-corrected chi connectivity index (χ2v) is 7.45. The highest BCUT2D eigenvalue weighted by Crippen LogP contribution is 2.34. The molecule has 13 heteroatoms. The van der Waals surface area contributed by atoms with E-state index in [1.165, 1.54) is 24.7 Å². The molecule has 2 aromatic heterocycles. The molecule has 0 bridgehead atoms. The van der Waals surface area contributed by atoms with Crippen LogP contribution in [0.4, 0.5) is 11.5 Å². The Morgan fingerprint density at radius 3 is 2.75 bits per heavy atom. The minimum Gasteiger partial charge on any atom is -0.311 e. The van der Waals surface area contributed by atoms with Gasteiger partial charge < -0.3 is 4.57 Å². The maximum atomic E-state index is 11.4.